The summed E-state index contributed by atoms with van der Waals surface area (Å²) in [6.07, 6.45) is 0.846. The minimum absolute atomic E-state index is 0.179. The summed E-state index contributed by atoms with van der Waals surface area (Å²) in [6.45, 7) is 1.41. The van der Waals surface area contributed by atoms with Gasteiger partial charge < -0.3 is 5.32 Å². The van der Waals surface area contributed by atoms with Crippen LogP contribution in [0.1, 0.15) is 12.5 Å². The van der Waals surface area contributed by atoms with Crippen LogP contribution in [-0.4, -0.2) is 19.7 Å². The van der Waals surface area contributed by atoms with Crippen molar-refractivity contribution in [3.05, 3.63) is 54.1 Å². The van der Waals surface area contributed by atoms with Crippen molar-refractivity contribution in [1.82, 2.24) is 0 Å². The normalized spacial score (nSPS) is 11.0. The summed E-state index contributed by atoms with van der Waals surface area (Å²) < 4.78 is 27.2. The van der Waals surface area contributed by atoms with Crippen molar-refractivity contribution in [3.8, 4) is 0 Å². The van der Waals surface area contributed by atoms with Gasteiger partial charge in [0.2, 0.25) is 5.91 Å². The number of rotatable bonds is 6. The molecule has 0 atom stereocenters. The van der Waals surface area contributed by atoms with Gasteiger partial charge in [-0.25, -0.2) is 8.42 Å². The Balaban J connectivity index is 2.12. The SMILES string of the molecule is CC(=O)Nc1ccc(NS(=O)(=O)c2ccc(CCBr)cc2)cc1. The van der Waals surface area contributed by atoms with Crippen molar-refractivity contribution in [2.45, 2.75) is 18.2 Å². The van der Waals surface area contributed by atoms with E-state index >= 15 is 0 Å². The quantitative estimate of drug-likeness (QED) is 0.734. The Bertz CT molecular complexity index is 772. The molecule has 2 N–H and O–H groups in total. The number of anilines is 2. The van der Waals surface area contributed by atoms with E-state index in [9.17, 15) is 13.2 Å². The lowest BCUT2D eigenvalue weighted by Crippen LogP contribution is -2.13. The number of alkyl halides is 1. The molecule has 2 aromatic rings. The Morgan fingerprint density at radius 1 is 1.00 bits per heavy atom. The number of benzene rings is 2. The number of nitrogens with one attached hydrogen (secondary N) is 2. The van der Waals surface area contributed by atoms with Crippen molar-refractivity contribution in [2.75, 3.05) is 15.4 Å². The number of carbonyl (C=O) groups is 1. The first-order valence-electron chi connectivity index (χ1n) is 6.96. The van der Waals surface area contributed by atoms with E-state index in [0.717, 1.165) is 17.3 Å². The molecule has 23 heavy (non-hydrogen) atoms. The van der Waals surface area contributed by atoms with Gasteiger partial charge in [0.1, 0.15) is 0 Å². The number of halogens is 1. The molecular formula is C16H17BrN2O3S. The average Bonchev–Trinajstić information content (AvgIpc) is 2.49. The summed E-state index contributed by atoms with van der Waals surface area (Å²) in [5.41, 5.74) is 2.11. The van der Waals surface area contributed by atoms with Gasteiger partial charge in [0.15, 0.2) is 0 Å². The van der Waals surface area contributed by atoms with Gasteiger partial charge in [0, 0.05) is 23.6 Å². The lowest BCUT2D eigenvalue weighted by atomic mass is 10.2. The fraction of sp³-hybridized carbons (Fsp3) is 0.188. The molecule has 2 rings (SSSR count). The molecule has 2 aromatic carbocycles. The second-order valence-corrected chi connectivity index (χ2v) is 7.42. The van der Waals surface area contributed by atoms with E-state index in [-0.39, 0.29) is 10.8 Å². The second-order valence-electron chi connectivity index (χ2n) is 4.95. The number of hydrogen-bond acceptors (Lipinski definition) is 3. The third-order valence-electron chi connectivity index (χ3n) is 3.07. The zero-order chi connectivity index (χ0) is 16.9. The summed E-state index contributed by atoms with van der Waals surface area (Å²) in [5.74, 6) is -0.179. The Labute approximate surface area is 144 Å². The van der Waals surface area contributed by atoms with Crippen LogP contribution in [0.5, 0.6) is 0 Å². The fourth-order valence-electron chi connectivity index (χ4n) is 1.98. The number of amides is 1. The molecular weight excluding hydrogens is 380 g/mol. The van der Waals surface area contributed by atoms with Gasteiger partial charge in [-0.3, -0.25) is 9.52 Å². The van der Waals surface area contributed by atoms with Crippen LogP contribution in [0.4, 0.5) is 11.4 Å². The van der Waals surface area contributed by atoms with Crippen LogP contribution < -0.4 is 10.0 Å². The summed E-state index contributed by atoms with van der Waals surface area (Å²) in [4.78, 5) is 11.2. The molecule has 0 aromatic heterocycles. The Hall–Kier alpha value is -1.86. The van der Waals surface area contributed by atoms with Crippen molar-refractivity contribution in [1.29, 1.82) is 0 Å². The first-order valence-corrected chi connectivity index (χ1v) is 9.56. The monoisotopic (exact) mass is 396 g/mol. The van der Waals surface area contributed by atoms with E-state index in [4.69, 9.17) is 0 Å². The molecule has 7 heteroatoms. The molecule has 0 aliphatic rings. The number of aryl methyl sites for hydroxylation is 1. The number of sulfonamides is 1. The van der Waals surface area contributed by atoms with Gasteiger partial charge in [-0.15, -0.1) is 0 Å². The summed E-state index contributed by atoms with van der Waals surface area (Å²) >= 11 is 3.35. The van der Waals surface area contributed by atoms with Crippen molar-refractivity contribution in [3.63, 3.8) is 0 Å². The van der Waals surface area contributed by atoms with Gasteiger partial charge in [-0.05, 0) is 48.4 Å². The molecule has 0 aliphatic carbocycles. The van der Waals surface area contributed by atoms with Crippen LogP contribution in [0.2, 0.25) is 0 Å². The molecule has 0 saturated carbocycles. The average molecular weight is 397 g/mol. The second kappa shape index (κ2) is 7.61. The molecule has 0 saturated heterocycles. The van der Waals surface area contributed by atoms with Crippen LogP contribution in [-0.2, 0) is 21.2 Å². The minimum Gasteiger partial charge on any atom is -0.326 e. The maximum atomic E-state index is 12.3. The van der Waals surface area contributed by atoms with Gasteiger partial charge >= 0.3 is 0 Å². The van der Waals surface area contributed by atoms with Crippen LogP contribution >= 0.6 is 15.9 Å². The molecule has 0 heterocycles. The van der Waals surface area contributed by atoms with E-state index in [1.165, 1.54) is 6.92 Å². The fourth-order valence-corrected chi connectivity index (χ4v) is 3.50. The standard InChI is InChI=1S/C16H17BrN2O3S/c1-12(20)18-14-4-6-15(7-5-14)19-23(21,22)16-8-2-13(3-9-16)10-11-17/h2-9,19H,10-11H2,1H3,(H,18,20). The molecule has 0 aliphatic heterocycles. The highest BCUT2D eigenvalue weighted by Crippen LogP contribution is 2.19. The predicted octanol–water partition coefficient (Wildman–Crippen LogP) is 3.38. The maximum absolute atomic E-state index is 12.3. The molecule has 5 nitrogen and oxygen atoms in total. The molecule has 0 bridgehead atoms. The molecule has 0 spiro atoms. The lowest BCUT2D eigenvalue weighted by molar-refractivity contribution is -0.114. The molecule has 0 fully saturated rings. The first kappa shape index (κ1) is 17.5. The van der Waals surface area contributed by atoms with Crippen LogP contribution in [0.3, 0.4) is 0 Å². The zero-order valence-electron chi connectivity index (χ0n) is 12.5. The van der Waals surface area contributed by atoms with E-state index in [1.807, 2.05) is 0 Å². The maximum Gasteiger partial charge on any atom is 0.261 e. The number of carbonyl (C=O) groups excluding carboxylic acids is 1. The Morgan fingerprint density at radius 3 is 2.09 bits per heavy atom. The van der Waals surface area contributed by atoms with Gasteiger partial charge in [0.05, 0.1) is 4.90 Å². The Kier molecular flexibility index (Phi) is 5.79. The van der Waals surface area contributed by atoms with Crippen molar-refractivity contribution < 1.29 is 13.2 Å². The van der Waals surface area contributed by atoms with Crippen molar-refractivity contribution in [2.24, 2.45) is 0 Å². The summed E-state index contributed by atoms with van der Waals surface area (Å²) in [6, 6.07) is 13.3. The lowest BCUT2D eigenvalue weighted by Gasteiger charge is -2.09. The predicted molar refractivity (Wildman–Crippen MR) is 95.5 cm³/mol. The highest BCUT2D eigenvalue weighted by Gasteiger charge is 2.14. The smallest absolute Gasteiger partial charge is 0.261 e. The van der Waals surface area contributed by atoms with Crippen molar-refractivity contribution >= 4 is 43.2 Å². The van der Waals surface area contributed by atoms with Gasteiger partial charge in [-0.2, -0.15) is 0 Å². The molecule has 122 valence electrons. The third-order valence-corrected chi connectivity index (χ3v) is 4.87. The van der Waals surface area contributed by atoms with E-state index in [0.29, 0.717) is 11.4 Å². The highest BCUT2D eigenvalue weighted by atomic mass is 79.9. The molecule has 1 amide bonds. The van der Waals surface area contributed by atoms with E-state index in [2.05, 4.69) is 26.0 Å². The van der Waals surface area contributed by atoms with Gasteiger partial charge in [0.25, 0.3) is 10.0 Å². The molecule has 0 unspecified atom stereocenters. The first-order chi connectivity index (χ1) is 10.9. The Morgan fingerprint density at radius 2 is 1.57 bits per heavy atom. The van der Waals surface area contributed by atoms with Crippen LogP contribution in [0, 0.1) is 0 Å². The zero-order valence-corrected chi connectivity index (χ0v) is 14.9. The highest BCUT2D eigenvalue weighted by molar-refractivity contribution is 9.09. The summed E-state index contributed by atoms with van der Waals surface area (Å²) in [5, 5.41) is 3.46. The van der Waals surface area contributed by atoms with Crippen LogP contribution in [0.15, 0.2) is 53.4 Å². The van der Waals surface area contributed by atoms with E-state index in [1.54, 1.807) is 48.5 Å². The van der Waals surface area contributed by atoms with Crippen LogP contribution in [0.25, 0.3) is 0 Å². The van der Waals surface area contributed by atoms with E-state index < -0.39 is 10.0 Å². The number of hydrogen-bond donors (Lipinski definition) is 2. The largest absolute Gasteiger partial charge is 0.326 e. The summed E-state index contributed by atoms with van der Waals surface area (Å²) in [7, 11) is -3.63. The van der Waals surface area contributed by atoms with Gasteiger partial charge in [-0.1, -0.05) is 28.1 Å². The molecule has 0 radical (unpaired) electrons. The third kappa shape index (κ3) is 5.07. The minimum atomic E-state index is -3.63. The topological polar surface area (TPSA) is 75.3 Å².